The monoisotopic (exact) mass is 324 g/mol. The van der Waals surface area contributed by atoms with E-state index >= 15 is 0 Å². The molecule has 0 bridgehead atoms. The third-order valence-electron chi connectivity index (χ3n) is 3.28. The normalized spacial score (nSPS) is 10.6. The minimum absolute atomic E-state index is 0.0978. The van der Waals surface area contributed by atoms with Crippen LogP contribution in [0.4, 0.5) is 18.9 Å². The molecule has 0 aliphatic heterocycles. The van der Waals surface area contributed by atoms with Crippen molar-refractivity contribution in [2.75, 3.05) is 18.6 Å². The molecule has 0 radical (unpaired) electrons. The summed E-state index contributed by atoms with van der Waals surface area (Å²) in [7, 11) is 1.63. The number of carbonyl (C=O) groups excluding carboxylic acids is 1. The highest BCUT2D eigenvalue weighted by Gasteiger charge is 2.18. The van der Waals surface area contributed by atoms with Gasteiger partial charge in [-0.25, -0.2) is 13.2 Å². The van der Waals surface area contributed by atoms with Crippen LogP contribution in [0.5, 0.6) is 5.75 Å². The summed E-state index contributed by atoms with van der Waals surface area (Å²) < 4.78 is 40.7. The second-order valence-corrected chi connectivity index (χ2v) is 4.92. The van der Waals surface area contributed by atoms with E-state index in [0.29, 0.717) is 24.1 Å². The van der Waals surface area contributed by atoms with Gasteiger partial charge in [-0.15, -0.1) is 0 Å². The molecular formula is C16H15F3N2O2. The Balaban J connectivity index is 2.42. The van der Waals surface area contributed by atoms with Crippen molar-refractivity contribution in [2.24, 2.45) is 0 Å². The van der Waals surface area contributed by atoms with Gasteiger partial charge in [-0.3, -0.25) is 4.79 Å². The number of phenols is 1. The number of rotatable bonds is 6. The first-order chi connectivity index (χ1) is 11.0. The molecule has 0 heterocycles. The molecule has 0 fully saturated rings. The van der Waals surface area contributed by atoms with Gasteiger partial charge in [-0.2, -0.15) is 0 Å². The van der Waals surface area contributed by atoms with Crippen LogP contribution in [0.3, 0.4) is 0 Å². The first-order valence-electron chi connectivity index (χ1n) is 6.77. The number of anilines is 1. The molecule has 23 heavy (non-hydrogen) atoms. The van der Waals surface area contributed by atoms with Crippen LogP contribution in [-0.2, 0) is 6.54 Å². The van der Waals surface area contributed by atoms with Gasteiger partial charge >= 0.3 is 0 Å². The van der Waals surface area contributed by atoms with Crippen molar-refractivity contribution in [3.8, 4) is 5.75 Å². The quantitative estimate of drug-likeness (QED) is 0.634. The van der Waals surface area contributed by atoms with Crippen LogP contribution in [0, 0.1) is 17.5 Å². The maximum absolute atomic E-state index is 13.8. The minimum atomic E-state index is -1.00. The molecule has 4 nitrogen and oxygen atoms in total. The number of phenolic OH excluding ortho intramolecular Hbond substituents is 1. The van der Waals surface area contributed by atoms with Gasteiger partial charge in [-0.1, -0.05) is 0 Å². The van der Waals surface area contributed by atoms with Gasteiger partial charge in [0.15, 0.2) is 6.29 Å². The SMILES string of the molecule is CNCN(Cc1c(F)cc(F)cc1F)c1ccc(O)cc1C=O. The number of aldehydes is 1. The lowest BCUT2D eigenvalue weighted by molar-refractivity contribution is 0.112. The highest BCUT2D eigenvalue weighted by Crippen LogP contribution is 2.26. The summed E-state index contributed by atoms with van der Waals surface area (Å²) in [6, 6.07) is 5.29. The molecule has 0 spiro atoms. The molecule has 2 aromatic rings. The Bertz CT molecular complexity index is 699. The number of nitrogens with zero attached hydrogens (tertiary/aromatic N) is 1. The van der Waals surface area contributed by atoms with Crippen molar-refractivity contribution >= 4 is 12.0 Å². The fraction of sp³-hybridized carbons (Fsp3) is 0.188. The van der Waals surface area contributed by atoms with Crippen molar-refractivity contribution in [3.05, 3.63) is 58.9 Å². The fourth-order valence-electron chi connectivity index (χ4n) is 2.26. The molecular weight excluding hydrogens is 309 g/mol. The lowest BCUT2D eigenvalue weighted by Gasteiger charge is -2.26. The number of carbonyl (C=O) groups is 1. The Morgan fingerprint density at radius 3 is 2.39 bits per heavy atom. The van der Waals surface area contributed by atoms with Crippen molar-refractivity contribution < 1.29 is 23.1 Å². The van der Waals surface area contributed by atoms with E-state index in [1.807, 2.05) is 0 Å². The highest BCUT2D eigenvalue weighted by atomic mass is 19.1. The van der Waals surface area contributed by atoms with Crippen LogP contribution in [0.1, 0.15) is 15.9 Å². The first kappa shape index (κ1) is 16.8. The summed E-state index contributed by atoms with van der Waals surface area (Å²) in [6.45, 7) is -0.0354. The molecule has 0 atom stereocenters. The third-order valence-corrected chi connectivity index (χ3v) is 3.28. The van der Waals surface area contributed by atoms with Gasteiger partial charge in [0.2, 0.25) is 0 Å². The van der Waals surface area contributed by atoms with E-state index in [2.05, 4.69) is 5.32 Å². The van der Waals surface area contributed by atoms with E-state index in [1.165, 1.54) is 23.1 Å². The average Bonchev–Trinajstić information content (AvgIpc) is 2.49. The van der Waals surface area contributed by atoms with E-state index < -0.39 is 17.5 Å². The second kappa shape index (κ2) is 7.15. The average molecular weight is 324 g/mol. The van der Waals surface area contributed by atoms with Gasteiger partial charge in [0.25, 0.3) is 0 Å². The molecule has 7 heteroatoms. The number of hydrogen-bond donors (Lipinski definition) is 2. The number of nitrogens with one attached hydrogen (secondary N) is 1. The topological polar surface area (TPSA) is 52.6 Å². The Hall–Kier alpha value is -2.54. The summed E-state index contributed by atoms with van der Waals surface area (Å²) in [5.74, 6) is -3.10. The Kier molecular flexibility index (Phi) is 5.23. The molecule has 0 aliphatic carbocycles. The lowest BCUT2D eigenvalue weighted by atomic mass is 10.1. The van der Waals surface area contributed by atoms with Gasteiger partial charge < -0.3 is 15.3 Å². The lowest BCUT2D eigenvalue weighted by Crippen LogP contribution is -2.33. The van der Waals surface area contributed by atoms with Crippen molar-refractivity contribution in [3.63, 3.8) is 0 Å². The third kappa shape index (κ3) is 3.81. The zero-order chi connectivity index (χ0) is 17.0. The molecule has 2 aromatic carbocycles. The Morgan fingerprint density at radius 2 is 1.83 bits per heavy atom. The van der Waals surface area contributed by atoms with E-state index in [-0.39, 0.29) is 30.1 Å². The van der Waals surface area contributed by atoms with Crippen LogP contribution >= 0.6 is 0 Å². The van der Waals surface area contributed by atoms with E-state index in [4.69, 9.17) is 0 Å². The van der Waals surface area contributed by atoms with Gasteiger partial charge in [0.05, 0.1) is 13.2 Å². The van der Waals surface area contributed by atoms with Gasteiger partial charge in [-0.05, 0) is 25.2 Å². The number of hydrogen-bond acceptors (Lipinski definition) is 4. The largest absolute Gasteiger partial charge is 0.508 e. The van der Waals surface area contributed by atoms with Crippen LogP contribution in [0.15, 0.2) is 30.3 Å². The van der Waals surface area contributed by atoms with E-state index in [1.54, 1.807) is 7.05 Å². The van der Waals surface area contributed by atoms with Crippen molar-refractivity contribution in [1.29, 1.82) is 0 Å². The van der Waals surface area contributed by atoms with Gasteiger partial charge in [0, 0.05) is 28.9 Å². The molecule has 0 saturated heterocycles. The Morgan fingerprint density at radius 1 is 1.17 bits per heavy atom. The van der Waals surface area contributed by atoms with Crippen LogP contribution in [-0.4, -0.2) is 25.1 Å². The molecule has 2 rings (SSSR count). The predicted octanol–water partition coefficient (Wildman–Crippen LogP) is 2.81. The summed E-state index contributed by atoms with van der Waals surface area (Å²) in [4.78, 5) is 12.7. The molecule has 0 amide bonds. The summed E-state index contributed by atoms with van der Waals surface area (Å²) in [5, 5.41) is 12.3. The van der Waals surface area contributed by atoms with Gasteiger partial charge in [0.1, 0.15) is 23.2 Å². The second-order valence-electron chi connectivity index (χ2n) is 4.92. The van der Waals surface area contributed by atoms with Crippen LogP contribution in [0.2, 0.25) is 0 Å². The maximum Gasteiger partial charge on any atom is 0.152 e. The first-order valence-corrected chi connectivity index (χ1v) is 6.77. The molecule has 122 valence electrons. The predicted molar refractivity (Wildman–Crippen MR) is 79.9 cm³/mol. The standard InChI is InChI=1S/C16H15F3N2O2/c1-20-9-21(16-3-2-12(23)4-10(16)8-22)7-13-14(18)5-11(17)6-15(13)19/h2-6,8,20,23H,7,9H2,1H3. The van der Waals surface area contributed by atoms with Crippen LogP contribution < -0.4 is 10.2 Å². The molecule has 0 saturated carbocycles. The molecule has 0 aliphatic rings. The molecule has 2 N–H and O–H groups in total. The fourth-order valence-corrected chi connectivity index (χ4v) is 2.26. The summed E-state index contributed by atoms with van der Waals surface area (Å²) in [6.07, 6.45) is 0.537. The van der Waals surface area contributed by atoms with Crippen molar-refractivity contribution in [2.45, 2.75) is 6.54 Å². The number of benzene rings is 2. The zero-order valence-corrected chi connectivity index (χ0v) is 12.3. The molecule has 0 unspecified atom stereocenters. The minimum Gasteiger partial charge on any atom is -0.508 e. The van der Waals surface area contributed by atoms with Crippen LogP contribution in [0.25, 0.3) is 0 Å². The van der Waals surface area contributed by atoms with E-state index in [9.17, 15) is 23.1 Å². The number of aromatic hydroxyl groups is 1. The summed E-state index contributed by atoms with van der Waals surface area (Å²) in [5.41, 5.74) is 0.241. The van der Waals surface area contributed by atoms with E-state index in [0.717, 1.165) is 0 Å². The zero-order valence-electron chi connectivity index (χ0n) is 12.3. The number of halogens is 3. The maximum atomic E-state index is 13.8. The Labute approximate surface area is 131 Å². The summed E-state index contributed by atoms with van der Waals surface area (Å²) >= 11 is 0. The van der Waals surface area contributed by atoms with Crippen molar-refractivity contribution in [1.82, 2.24) is 5.32 Å². The molecule has 0 aromatic heterocycles. The highest BCUT2D eigenvalue weighted by molar-refractivity contribution is 5.85. The smallest absolute Gasteiger partial charge is 0.152 e.